The number of nitrogens with one attached hydrogen (secondary N) is 1. The van der Waals surface area contributed by atoms with Crippen molar-refractivity contribution in [3.63, 3.8) is 0 Å². The van der Waals surface area contributed by atoms with Crippen LogP contribution in [0.25, 0.3) is 11.1 Å². The Morgan fingerprint density at radius 3 is 2.16 bits per heavy atom. The van der Waals surface area contributed by atoms with Gasteiger partial charge in [-0.05, 0) is 47.9 Å². The van der Waals surface area contributed by atoms with Crippen LogP contribution in [0, 0.1) is 11.3 Å². The fraction of sp³-hybridized carbons (Fsp3) is 0.400. The second kappa shape index (κ2) is 7.65. The molecule has 0 aromatic heterocycles. The maximum absolute atomic E-state index is 12.9. The van der Waals surface area contributed by atoms with Crippen LogP contribution in [0.15, 0.2) is 48.5 Å². The van der Waals surface area contributed by atoms with Gasteiger partial charge in [0.15, 0.2) is 0 Å². The summed E-state index contributed by atoms with van der Waals surface area (Å²) in [4.78, 5) is 38.4. The molecule has 166 valence electrons. The van der Waals surface area contributed by atoms with Crippen LogP contribution in [0.4, 0.5) is 4.79 Å². The fourth-order valence-corrected chi connectivity index (χ4v) is 4.86. The van der Waals surface area contributed by atoms with Gasteiger partial charge in [-0.25, -0.2) is 4.79 Å². The lowest BCUT2D eigenvalue weighted by molar-refractivity contribution is -0.164. The van der Waals surface area contributed by atoms with Gasteiger partial charge in [0.2, 0.25) is 5.91 Å². The van der Waals surface area contributed by atoms with Gasteiger partial charge in [-0.3, -0.25) is 9.59 Å². The first-order valence-electron chi connectivity index (χ1n) is 11.0. The van der Waals surface area contributed by atoms with Crippen LogP contribution in [0.3, 0.4) is 0 Å². The molecule has 2 fully saturated rings. The van der Waals surface area contributed by atoms with Crippen molar-refractivity contribution in [2.45, 2.75) is 31.7 Å². The minimum Gasteiger partial charge on any atom is -0.481 e. The number of aliphatic carboxylic acids is 1. The van der Waals surface area contributed by atoms with Crippen LogP contribution in [0.5, 0.6) is 0 Å². The van der Waals surface area contributed by atoms with Gasteiger partial charge >= 0.3 is 12.1 Å². The van der Waals surface area contributed by atoms with Gasteiger partial charge in [-0.2, -0.15) is 0 Å². The van der Waals surface area contributed by atoms with E-state index < -0.39 is 23.5 Å². The molecule has 2 N–H and O–H groups in total. The van der Waals surface area contributed by atoms with E-state index in [1.165, 1.54) is 4.90 Å². The highest BCUT2D eigenvalue weighted by atomic mass is 16.5. The first-order chi connectivity index (χ1) is 15.4. The molecule has 1 aliphatic heterocycles. The molecule has 2 amide bonds. The summed E-state index contributed by atoms with van der Waals surface area (Å²) in [5.74, 6) is -1.09. The molecule has 32 heavy (non-hydrogen) atoms. The Balaban J connectivity index is 1.23. The van der Waals surface area contributed by atoms with Crippen LogP contribution >= 0.6 is 0 Å². The van der Waals surface area contributed by atoms with Crippen molar-refractivity contribution in [3.05, 3.63) is 59.7 Å². The van der Waals surface area contributed by atoms with E-state index in [1.54, 1.807) is 6.92 Å². The largest absolute Gasteiger partial charge is 0.481 e. The average molecular weight is 434 g/mol. The number of carbonyl (C=O) groups is 3. The topological polar surface area (TPSA) is 95.9 Å². The number of likely N-dealkylation sites (tertiary alicyclic amines) is 1. The van der Waals surface area contributed by atoms with Crippen molar-refractivity contribution < 1.29 is 24.2 Å². The number of alkyl carbamates (subject to hydrolysis) is 1. The van der Waals surface area contributed by atoms with E-state index in [1.807, 2.05) is 24.3 Å². The summed E-state index contributed by atoms with van der Waals surface area (Å²) in [7, 11) is 0. The standard InChI is InChI=1S/C25H26N2O5/c1-25(23(29)30)13-27(14-25)22(28)21(15-10-11-15)26-24(31)32-12-20-18-8-4-2-6-16(18)17-7-3-5-9-19(17)20/h2-9,15,20-21H,10-14H2,1H3,(H,26,31)(H,29,30). The van der Waals surface area contributed by atoms with Crippen LogP contribution in [-0.2, 0) is 14.3 Å². The second-order valence-electron chi connectivity index (χ2n) is 9.35. The Hall–Kier alpha value is -3.35. The normalized spacial score (nSPS) is 19.3. The van der Waals surface area contributed by atoms with Gasteiger partial charge < -0.3 is 20.1 Å². The summed E-state index contributed by atoms with van der Waals surface area (Å²) in [5.41, 5.74) is 3.66. The lowest BCUT2D eigenvalue weighted by Crippen LogP contribution is -2.64. The third-order valence-corrected chi connectivity index (χ3v) is 6.88. The average Bonchev–Trinajstić information content (AvgIpc) is 3.56. The highest BCUT2D eigenvalue weighted by Gasteiger charge is 2.50. The van der Waals surface area contributed by atoms with Crippen LogP contribution in [0.1, 0.15) is 36.8 Å². The molecular weight excluding hydrogens is 408 g/mol. The molecular formula is C25H26N2O5. The van der Waals surface area contributed by atoms with E-state index in [9.17, 15) is 19.5 Å². The van der Waals surface area contributed by atoms with E-state index in [0.29, 0.717) is 0 Å². The molecule has 5 rings (SSSR count). The predicted molar refractivity (Wildman–Crippen MR) is 117 cm³/mol. The summed E-state index contributed by atoms with van der Waals surface area (Å²) in [5, 5.41) is 12.0. The Bertz CT molecular complexity index is 1040. The van der Waals surface area contributed by atoms with Crippen molar-refractivity contribution in [2.75, 3.05) is 19.7 Å². The summed E-state index contributed by atoms with van der Waals surface area (Å²) < 4.78 is 5.59. The number of ether oxygens (including phenoxy) is 1. The lowest BCUT2D eigenvalue weighted by Gasteiger charge is -2.46. The maximum Gasteiger partial charge on any atom is 0.407 e. The Morgan fingerprint density at radius 1 is 1.06 bits per heavy atom. The van der Waals surface area contributed by atoms with Crippen LogP contribution in [0.2, 0.25) is 0 Å². The third-order valence-electron chi connectivity index (χ3n) is 6.88. The molecule has 0 bridgehead atoms. The molecule has 1 saturated carbocycles. The number of carboxylic acid groups (broad SMARTS) is 1. The van der Waals surface area contributed by atoms with Crippen LogP contribution in [-0.4, -0.2) is 53.7 Å². The van der Waals surface area contributed by atoms with Crippen molar-refractivity contribution in [1.29, 1.82) is 0 Å². The number of benzene rings is 2. The summed E-state index contributed by atoms with van der Waals surface area (Å²) in [6, 6.07) is 15.6. The van der Waals surface area contributed by atoms with Crippen molar-refractivity contribution in [1.82, 2.24) is 10.2 Å². The van der Waals surface area contributed by atoms with E-state index in [2.05, 4.69) is 29.6 Å². The molecule has 1 saturated heterocycles. The number of hydrogen-bond acceptors (Lipinski definition) is 4. The smallest absolute Gasteiger partial charge is 0.407 e. The molecule has 1 unspecified atom stereocenters. The number of fused-ring (bicyclic) bond motifs is 3. The van der Waals surface area contributed by atoms with E-state index in [0.717, 1.165) is 35.1 Å². The number of nitrogens with zero attached hydrogens (tertiary/aromatic N) is 1. The van der Waals surface area contributed by atoms with Gasteiger partial charge in [0, 0.05) is 19.0 Å². The highest BCUT2D eigenvalue weighted by Crippen LogP contribution is 2.44. The lowest BCUT2D eigenvalue weighted by atomic mass is 9.81. The number of rotatable bonds is 6. The van der Waals surface area contributed by atoms with Gasteiger partial charge in [0.25, 0.3) is 0 Å². The summed E-state index contributed by atoms with van der Waals surface area (Å²) in [6.07, 6.45) is 1.12. The van der Waals surface area contributed by atoms with Crippen molar-refractivity contribution in [2.24, 2.45) is 11.3 Å². The third kappa shape index (κ3) is 3.51. The van der Waals surface area contributed by atoms with E-state index >= 15 is 0 Å². The molecule has 2 aliphatic carbocycles. The minimum absolute atomic E-state index is 0.0464. The van der Waals surface area contributed by atoms with Crippen molar-refractivity contribution >= 4 is 18.0 Å². The molecule has 3 aliphatic rings. The number of carboxylic acids is 1. The molecule has 7 nitrogen and oxygen atoms in total. The molecule has 0 spiro atoms. The quantitative estimate of drug-likeness (QED) is 0.728. The van der Waals surface area contributed by atoms with Gasteiger partial charge in [0.05, 0.1) is 5.41 Å². The zero-order chi connectivity index (χ0) is 22.5. The minimum atomic E-state index is -0.909. The monoisotopic (exact) mass is 434 g/mol. The Labute approximate surface area is 186 Å². The second-order valence-corrected chi connectivity index (χ2v) is 9.35. The first kappa shape index (κ1) is 20.5. The van der Waals surface area contributed by atoms with E-state index in [4.69, 9.17) is 4.74 Å². The summed E-state index contributed by atoms with van der Waals surface area (Å²) >= 11 is 0. The van der Waals surface area contributed by atoms with Gasteiger partial charge in [-0.1, -0.05) is 48.5 Å². The van der Waals surface area contributed by atoms with Crippen molar-refractivity contribution in [3.8, 4) is 11.1 Å². The first-order valence-corrected chi connectivity index (χ1v) is 11.0. The SMILES string of the molecule is CC1(C(=O)O)CN(C(=O)C(NC(=O)OCC2c3ccccc3-c3ccccc32)C2CC2)C1. The zero-order valence-electron chi connectivity index (χ0n) is 17.9. The number of hydrogen-bond donors (Lipinski definition) is 2. The van der Waals surface area contributed by atoms with Gasteiger partial charge in [0.1, 0.15) is 12.6 Å². The molecule has 1 atom stereocenters. The zero-order valence-corrected chi connectivity index (χ0v) is 17.9. The molecule has 7 heteroatoms. The Morgan fingerprint density at radius 2 is 1.62 bits per heavy atom. The fourth-order valence-electron chi connectivity index (χ4n) is 4.86. The highest BCUT2D eigenvalue weighted by molar-refractivity contribution is 5.89. The molecule has 2 aromatic rings. The molecule has 0 radical (unpaired) electrons. The predicted octanol–water partition coefficient (Wildman–Crippen LogP) is 3.24. The summed E-state index contributed by atoms with van der Waals surface area (Å²) in [6.45, 7) is 2.14. The Kier molecular flexibility index (Phi) is 4.92. The maximum atomic E-state index is 12.9. The number of amides is 2. The molecule has 2 aromatic carbocycles. The van der Waals surface area contributed by atoms with E-state index in [-0.39, 0.29) is 37.4 Å². The van der Waals surface area contributed by atoms with Crippen LogP contribution < -0.4 is 5.32 Å². The molecule has 1 heterocycles. The number of carbonyl (C=O) groups excluding carboxylic acids is 2. The van der Waals surface area contributed by atoms with Gasteiger partial charge in [-0.15, -0.1) is 0 Å².